The smallest absolute Gasteiger partial charge is 0.351 e. The number of amides is 3. The first-order chi connectivity index (χ1) is 43.0. The zero-order valence-corrected chi connectivity index (χ0v) is 51.0. The fourth-order valence-corrected chi connectivity index (χ4v) is 12.7. The number of nitriles is 1. The van der Waals surface area contributed by atoms with Gasteiger partial charge in [0.25, 0.3) is 20.3 Å². The summed E-state index contributed by atoms with van der Waals surface area (Å²) in [5, 5.41) is 18.9. The van der Waals surface area contributed by atoms with E-state index in [0.717, 1.165) is 10.1 Å². The molecule has 0 spiro atoms. The Morgan fingerprint density at radius 3 is 1.63 bits per heavy atom. The molecule has 0 saturated carbocycles. The van der Waals surface area contributed by atoms with E-state index in [9.17, 15) is 34.1 Å². The summed E-state index contributed by atoms with van der Waals surface area (Å²) in [5.74, 6) is -4.14. The van der Waals surface area contributed by atoms with Gasteiger partial charge >= 0.3 is 11.4 Å². The van der Waals surface area contributed by atoms with E-state index in [0.29, 0.717) is 33.8 Å². The van der Waals surface area contributed by atoms with Gasteiger partial charge in [0, 0.05) is 67.5 Å². The summed E-state index contributed by atoms with van der Waals surface area (Å²) in [6, 6.07) is 45.6. The molecule has 7 aromatic rings. The molecule has 2 fully saturated rings. The van der Waals surface area contributed by atoms with Gasteiger partial charge in [0.15, 0.2) is 18.6 Å². The number of ether oxygens (including phenoxy) is 6. The van der Waals surface area contributed by atoms with E-state index in [-0.39, 0.29) is 36.7 Å². The van der Waals surface area contributed by atoms with E-state index < -0.39 is 111 Å². The van der Waals surface area contributed by atoms with Crippen LogP contribution in [0, 0.1) is 29.1 Å². The SMILES string of the molecule is COc1ccc(C(OC[C@H]2O[C@@H](n3ccc(NC(=O)c4ccccc4)nc3=O)[C@H](OC)[C@@H]2CC(=O)NC[C@@H]2O[C@@H](n3ccc(NC(=O)c4ccccc4)nc3=O)[C@H](F)[C@@H]2C(C#N)COP(O)N(C(C)C)C(C)C)(c2ccccc2)c2ccc(OC)cc2)cc1. The summed E-state index contributed by atoms with van der Waals surface area (Å²) in [5.41, 5.74) is -0.384. The molecule has 89 heavy (non-hydrogen) atoms. The molecule has 4 N–H and O–H groups in total. The second-order valence-electron chi connectivity index (χ2n) is 21.8. The number of carbonyl (C=O) groups is 3. The fourth-order valence-electron chi connectivity index (χ4n) is 11.5. The topological polar surface area (TPSA) is 269 Å². The van der Waals surface area contributed by atoms with Gasteiger partial charge in [-0.2, -0.15) is 15.2 Å². The monoisotopic (exact) mass is 1240 g/mol. The van der Waals surface area contributed by atoms with Crippen LogP contribution in [0.5, 0.6) is 11.5 Å². The van der Waals surface area contributed by atoms with Crippen molar-refractivity contribution >= 4 is 37.9 Å². The molecule has 24 heteroatoms. The number of hydrogen-bond acceptors (Lipinski definition) is 17. The van der Waals surface area contributed by atoms with Gasteiger partial charge in [-0.3, -0.25) is 23.5 Å². The summed E-state index contributed by atoms with van der Waals surface area (Å²) in [6.07, 6.45) is -6.08. The number of rotatable bonds is 26. The van der Waals surface area contributed by atoms with Crippen molar-refractivity contribution in [2.75, 3.05) is 51.7 Å². The summed E-state index contributed by atoms with van der Waals surface area (Å²) >= 11 is 0. The van der Waals surface area contributed by atoms with Gasteiger partial charge in [-0.15, -0.1) is 0 Å². The summed E-state index contributed by atoms with van der Waals surface area (Å²) in [6.45, 7) is 6.44. The first-order valence-electron chi connectivity index (χ1n) is 28.9. The highest BCUT2D eigenvalue weighted by molar-refractivity contribution is 7.43. The quantitative estimate of drug-likeness (QED) is 0.0293. The Bertz CT molecular complexity index is 3620. The van der Waals surface area contributed by atoms with E-state index in [1.165, 1.54) is 36.2 Å². The Labute approximate surface area is 515 Å². The minimum Gasteiger partial charge on any atom is -0.497 e. The Hall–Kier alpha value is -8.56. The lowest BCUT2D eigenvalue weighted by molar-refractivity contribution is -0.125. The number of methoxy groups -OCH3 is 3. The first kappa shape index (κ1) is 64.9. The van der Waals surface area contributed by atoms with Crippen LogP contribution in [-0.2, 0) is 33.9 Å². The lowest BCUT2D eigenvalue weighted by Gasteiger charge is -2.37. The lowest BCUT2D eigenvalue weighted by Crippen LogP contribution is -2.42. The van der Waals surface area contributed by atoms with Crippen molar-refractivity contribution in [3.8, 4) is 17.6 Å². The number of hydrogen-bond donors (Lipinski definition) is 4. The average Bonchev–Trinajstić information content (AvgIpc) is 2.80. The summed E-state index contributed by atoms with van der Waals surface area (Å²) < 4.78 is 65.0. The molecular formula is C65H71FN9O13P. The number of benzene rings is 5. The Kier molecular flexibility index (Phi) is 21.6. The van der Waals surface area contributed by atoms with Crippen LogP contribution in [0.3, 0.4) is 0 Å². The molecule has 5 aromatic carbocycles. The number of carbonyl (C=O) groups excluding carboxylic acids is 3. The maximum atomic E-state index is 17.4. The second-order valence-corrected chi connectivity index (χ2v) is 23.1. The molecule has 10 atom stereocenters. The van der Waals surface area contributed by atoms with Crippen LogP contribution in [0.1, 0.15) is 84.0 Å². The lowest BCUT2D eigenvalue weighted by atomic mass is 9.79. The van der Waals surface area contributed by atoms with Crippen molar-refractivity contribution < 1.29 is 56.6 Å². The molecule has 0 radical (unpaired) electrons. The molecule has 0 aliphatic carbocycles. The van der Waals surface area contributed by atoms with E-state index >= 15 is 4.39 Å². The predicted molar refractivity (Wildman–Crippen MR) is 328 cm³/mol. The largest absolute Gasteiger partial charge is 0.497 e. The van der Waals surface area contributed by atoms with Gasteiger partial charge in [0.2, 0.25) is 5.91 Å². The van der Waals surface area contributed by atoms with E-state index in [1.807, 2.05) is 107 Å². The zero-order valence-electron chi connectivity index (χ0n) is 50.1. The molecule has 2 saturated heterocycles. The van der Waals surface area contributed by atoms with Crippen molar-refractivity contribution in [1.82, 2.24) is 29.1 Å². The third-order valence-electron chi connectivity index (χ3n) is 15.7. The van der Waals surface area contributed by atoms with Crippen LogP contribution in [-0.4, -0.2) is 124 Å². The van der Waals surface area contributed by atoms with E-state index in [4.69, 9.17) is 32.9 Å². The van der Waals surface area contributed by atoms with Crippen molar-refractivity contribution in [2.45, 2.75) is 88.7 Å². The third-order valence-corrected chi connectivity index (χ3v) is 17.4. The normalized spacial score (nSPS) is 20.6. The number of alkyl halides is 1. The molecule has 2 aromatic heterocycles. The van der Waals surface area contributed by atoms with Crippen molar-refractivity contribution in [1.29, 1.82) is 5.26 Å². The van der Waals surface area contributed by atoms with Crippen molar-refractivity contribution in [2.24, 2.45) is 17.8 Å². The standard InChI is InChI=1S/C65H71FN9O13P/c1-40(2)75(41(3)4)89(81)86-38-44(36-67)56-51(87-61(57(56)66)73-33-31-53(71-63(73)79)69-59(77)42-17-11-8-12-18-42)37-68-55(76)35-50-52(88-62(58(50)84-7)74-34-32-54(72-64(74)80)70-60(78)43-19-13-9-14-20-43)39-85-65(45-21-15-10-16-22-45,46-23-27-48(82-5)28-24-46)47-25-29-49(83-6)30-26-47/h8-34,40-41,44,50-52,56-58,61-62,81H,35,37-39H2,1-7H3,(H,68,76)(H,69,71,77,79)(H,70,72,78,80)/t44?,50-,51+,52-,56-,57-,58-,61-,62-,89?/m1/s1. The van der Waals surface area contributed by atoms with Gasteiger partial charge in [-0.25, -0.2) is 18.6 Å². The van der Waals surface area contributed by atoms with Gasteiger partial charge < -0.3 is 53.8 Å². The van der Waals surface area contributed by atoms with E-state index in [1.54, 1.807) is 79.6 Å². The van der Waals surface area contributed by atoms with Crippen LogP contribution in [0.15, 0.2) is 174 Å². The minimum atomic E-state index is -2.26. The van der Waals surface area contributed by atoms with Gasteiger partial charge in [-0.05, 0) is 105 Å². The second kappa shape index (κ2) is 29.6. The predicted octanol–water partition coefficient (Wildman–Crippen LogP) is 8.41. The third kappa shape index (κ3) is 14.8. The van der Waals surface area contributed by atoms with Crippen molar-refractivity contribution in [3.05, 3.63) is 213 Å². The van der Waals surface area contributed by atoms with Crippen LogP contribution in [0.2, 0.25) is 0 Å². The number of nitrogens with one attached hydrogen (secondary N) is 3. The maximum absolute atomic E-state index is 17.4. The summed E-state index contributed by atoms with van der Waals surface area (Å²) in [4.78, 5) is 88.3. The molecule has 3 amide bonds. The molecule has 2 aliphatic heterocycles. The van der Waals surface area contributed by atoms with Crippen molar-refractivity contribution in [3.63, 3.8) is 0 Å². The molecule has 0 bridgehead atoms. The molecule has 22 nitrogen and oxygen atoms in total. The van der Waals surface area contributed by atoms with E-state index in [2.05, 4.69) is 32.0 Å². The van der Waals surface area contributed by atoms with Crippen LogP contribution in [0.4, 0.5) is 16.0 Å². The van der Waals surface area contributed by atoms with Crippen LogP contribution < -0.4 is 36.8 Å². The average molecular weight is 1240 g/mol. The Morgan fingerprint density at radius 1 is 0.697 bits per heavy atom. The Morgan fingerprint density at radius 2 is 1.17 bits per heavy atom. The van der Waals surface area contributed by atoms with Crippen LogP contribution >= 0.6 is 8.53 Å². The minimum absolute atomic E-state index is 0.0272. The highest BCUT2D eigenvalue weighted by atomic mass is 31.2. The first-order valence-corrected chi connectivity index (χ1v) is 30.1. The number of halogens is 1. The number of nitrogens with zero attached hydrogens (tertiary/aromatic N) is 6. The number of anilines is 2. The highest BCUT2D eigenvalue weighted by Crippen LogP contribution is 2.47. The Balaban J connectivity index is 1.03. The van der Waals surface area contributed by atoms with Crippen LogP contribution in [0.25, 0.3) is 0 Å². The van der Waals surface area contributed by atoms with Gasteiger partial charge in [-0.1, -0.05) is 91.0 Å². The fraction of sp³-hybridized carbons (Fsp3) is 0.354. The molecule has 4 heterocycles. The molecular weight excluding hydrogens is 1160 g/mol. The zero-order chi connectivity index (χ0) is 63.4. The van der Waals surface area contributed by atoms with Gasteiger partial charge in [0.1, 0.15) is 34.8 Å². The molecule has 2 aliphatic rings. The summed E-state index contributed by atoms with van der Waals surface area (Å²) in [7, 11) is 2.29. The maximum Gasteiger partial charge on any atom is 0.351 e. The highest BCUT2D eigenvalue weighted by Gasteiger charge is 2.52. The molecule has 2 unspecified atom stereocenters. The number of aromatic nitrogens is 4. The molecule has 466 valence electrons. The van der Waals surface area contributed by atoms with Gasteiger partial charge in [0.05, 0.1) is 51.6 Å². The molecule has 9 rings (SSSR count).